The Morgan fingerprint density at radius 2 is 2.17 bits per heavy atom. The monoisotopic (exact) mass is 159 g/mol. The third-order valence-electron chi connectivity index (χ3n) is 1.91. The van der Waals surface area contributed by atoms with Gasteiger partial charge >= 0.3 is 0 Å². The zero-order chi connectivity index (χ0) is 9.14. The van der Waals surface area contributed by atoms with Crippen LogP contribution in [0.2, 0.25) is 0 Å². The summed E-state index contributed by atoms with van der Waals surface area (Å²) in [5, 5.41) is 2.13. The molecule has 0 unspecified atom stereocenters. The van der Waals surface area contributed by atoms with Gasteiger partial charge in [0.1, 0.15) is 0 Å². The molecule has 1 heterocycles. The average molecular weight is 159 g/mol. The second-order valence-electron chi connectivity index (χ2n) is 2.88. The lowest BCUT2D eigenvalue weighted by Crippen LogP contribution is -2.28. The van der Waals surface area contributed by atoms with Gasteiger partial charge in [0.15, 0.2) is 0 Å². The van der Waals surface area contributed by atoms with Gasteiger partial charge < -0.3 is 0 Å². The number of rotatable bonds is 1. The van der Waals surface area contributed by atoms with Gasteiger partial charge in [-0.2, -0.15) is 0 Å². The van der Waals surface area contributed by atoms with Crippen molar-refractivity contribution in [3.8, 4) is 0 Å². The van der Waals surface area contributed by atoms with Crippen LogP contribution in [0.1, 0.15) is 12.5 Å². The molecule has 0 aliphatic carbocycles. The van der Waals surface area contributed by atoms with E-state index in [-0.39, 0.29) is 0 Å². The Balaban J connectivity index is 3.74. The first-order valence-electron chi connectivity index (χ1n) is 3.89. The summed E-state index contributed by atoms with van der Waals surface area (Å²) in [7, 11) is 0. The van der Waals surface area contributed by atoms with E-state index in [2.05, 4.69) is 18.1 Å². The summed E-state index contributed by atoms with van der Waals surface area (Å²) in [5.41, 5.74) is 2.31. The number of pyridine rings is 1. The Morgan fingerprint density at radius 3 is 2.67 bits per heavy atom. The highest BCUT2D eigenvalue weighted by atomic mass is 14.6. The summed E-state index contributed by atoms with van der Waals surface area (Å²) in [5.74, 6) is 0. The van der Waals surface area contributed by atoms with Crippen LogP contribution in [0.3, 0.4) is 0 Å². The van der Waals surface area contributed by atoms with Crippen LogP contribution in [0.5, 0.6) is 0 Å². The molecule has 0 saturated heterocycles. The van der Waals surface area contributed by atoms with Crippen LogP contribution in [0, 0.1) is 6.92 Å². The van der Waals surface area contributed by atoms with Crippen molar-refractivity contribution in [2.24, 2.45) is 0 Å². The highest BCUT2D eigenvalue weighted by Gasteiger charge is 1.91. The molecule has 12 heavy (non-hydrogen) atoms. The van der Waals surface area contributed by atoms with Gasteiger partial charge in [0.25, 0.3) is 0 Å². The minimum Gasteiger partial charge on any atom is -0.264 e. The van der Waals surface area contributed by atoms with Crippen molar-refractivity contribution >= 4 is 12.2 Å². The Kier molecular flexibility index (Phi) is 2.44. The van der Waals surface area contributed by atoms with E-state index >= 15 is 0 Å². The van der Waals surface area contributed by atoms with E-state index in [9.17, 15) is 0 Å². The maximum atomic E-state index is 4.05. The first-order valence-corrected chi connectivity index (χ1v) is 3.89. The molecule has 1 nitrogen and oxygen atoms in total. The van der Waals surface area contributed by atoms with E-state index in [1.165, 1.54) is 5.22 Å². The zero-order valence-corrected chi connectivity index (χ0v) is 7.59. The highest BCUT2D eigenvalue weighted by molar-refractivity contribution is 5.54. The molecular weight excluding hydrogens is 146 g/mol. The van der Waals surface area contributed by atoms with E-state index in [0.29, 0.717) is 0 Å². The Hall–Kier alpha value is -1.37. The highest BCUT2D eigenvalue weighted by Crippen LogP contribution is 1.90. The molecule has 0 bridgehead atoms. The van der Waals surface area contributed by atoms with Crippen LogP contribution in [0.25, 0.3) is 12.2 Å². The lowest BCUT2D eigenvalue weighted by molar-refractivity contribution is 1.21. The van der Waals surface area contributed by atoms with Crippen molar-refractivity contribution in [2.45, 2.75) is 13.8 Å². The van der Waals surface area contributed by atoms with Crippen molar-refractivity contribution in [3.63, 3.8) is 0 Å². The molecular formula is C11H13N. The zero-order valence-electron chi connectivity index (χ0n) is 7.59. The summed E-state index contributed by atoms with van der Waals surface area (Å²) >= 11 is 0. The molecule has 0 saturated carbocycles. The smallest absolute Gasteiger partial charge is 0.0340 e. The van der Waals surface area contributed by atoms with Crippen LogP contribution >= 0.6 is 0 Å². The Morgan fingerprint density at radius 1 is 1.50 bits per heavy atom. The van der Waals surface area contributed by atoms with E-state index in [0.717, 1.165) is 16.4 Å². The van der Waals surface area contributed by atoms with E-state index in [1.807, 2.05) is 26.1 Å². The van der Waals surface area contributed by atoms with Crippen LogP contribution < -0.4 is 10.4 Å². The van der Waals surface area contributed by atoms with Gasteiger partial charge in [-0.1, -0.05) is 19.2 Å². The molecule has 1 aromatic rings. The first-order chi connectivity index (χ1) is 5.66. The summed E-state index contributed by atoms with van der Waals surface area (Å²) in [6.07, 6.45) is 5.46. The molecule has 0 aliphatic heterocycles. The number of hydrogen-bond donors (Lipinski definition) is 0. The second-order valence-corrected chi connectivity index (χ2v) is 2.88. The number of allylic oxidation sites excluding steroid dienone is 1. The minimum atomic E-state index is 0.965. The van der Waals surface area contributed by atoms with Crippen molar-refractivity contribution < 1.29 is 0 Å². The number of nitrogens with zero attached hydrogens (tertiary/aromatic N) is 1. The largest absolute Gasteiger partial charge is 0.264 e. The topological polar surface area (TPSA) is 12.9 Å². The molecule has 0 fully saturated rings. The number of aryl methyl sites for hydroxylation is 1. The fourth-order valence-electron chi connectivity index (χ4n) is 1.29. The van der Waals surface area contributed by atoms with Crippen LogP contribution in [-0.2, 0) is 0 Å². The maximum Gasteiger partial charge on any atom is 0.0340 e. The van der Waals surface area contributed by atoms with Gasteiger partial charge in [-0.15, -0.1) is 0 Å². The molecule has 1 aromatic heterocycles. The third kappa shape index (κ3) is 1.45. The third-order valence-corrected chi connectivity index (χ3v) is 1.91. The van der Waals surface area contributed by atoms with Crippen LogP contribution in [0.4, 0.5) is 0 Å². The molecule has 0 N–H and O–H groups in total. The standard InChI is InChI=1S/C11H13N/c1-5-8(2)11-9(3)6-12-7-10(11)4/h5-7H,1,3H2,2,4H3/b11-8-. The molecule has 0 aromatic carbocycles. The van der Waals surface area contributed by atoms with Gasteiger partial charge in [0.2, 0.25) is 0 Å². The first kappa shape index (κ1) is 8.72. The molecule has 0 atom stereocenters. The molecule has 0 spiro atoms. The summed E-state index contributed by atoms with van der Waals surface area (Å²) < 4.78 is 0. The maximum absolute atomic E-state index is 4.05. The van der Waals surface area contributed by atoms with Gasteiger partial charge in [0.05, 0.1) is 0 Å². The van der Waals surface area contributed by atoms with Gasteiger partial charge in [-0.3, -0.25) is 4.98 Å². The minimum absolute atomic E-state index is 0.965. The van der Waals surface area contributed by atoms with E-state index in [1.54, 1.807) is 6.20 Å². The van der Waals surface area contributed by atoms with Crippen molar-refractivity contribution in [1.29, 1.82) is 0 Å². The fourth-order valence-corrected chi connectivity index (χ4v) is 1.29. The SMILES string of the molecule is C=C/C(C)=c1\c(C)cncc1=C. The van der Waals surface area contributed by atoms with E-state index in [4.69, 9.17) is 0 Å². The normalized spacial score (nSPS) is 12.5. The van der Waals surface area contributed by atoms with E-state index < -0.39 is 0 Å². The van der Waals surface area contributed by atoms with Gasteiger partial charge in [0, 0.05) is 12.4 Å². The summed E-state index contributed by atoms with van der Waals surface area (Å²) in [4.78, 5) is 4.05. The second kappa shape index (κ2) is 3.35. The van der Waals surface area contributed by atoms with Crippen molar-refractivity contribution in [2.75, 3.05) is 0 Å². The quantitative estimate of drug-likeness (QED) is 0.599. The van der Waals surface area contributed by atoms with Crippen molar-refractivity contribution in [3.05, 3.63) is 41.0 Å². The molecule has 0 radical (unpaired) electrons. The molecule has 1 rings (SSSR count). The Labute approximate surface area is 72.8 Å². The predicted molar refractivity (Wildman–Crippen MR) is 53.0 cm³/mol. The summed E-state index contributed by atoms with van der Waals surface area (Å²) in [6.45, 7) is 11.7. The molecule has 0 aliphatic rings. The number of aromatic nitrogens is 1. The Bertz CT molecular complexity index is 402. The van der Waals surface area contributed by atoms with Crippen LogP contribution in [0.15, 0.2) is 25.0 Å². The predicted octanol–water partition coefficient (Wildman–Crippen LogP) is 1.16. The molecule has 62 valence electrons. The lowest BCUT2D eigenvalue weighted by Gasteiger charge is -1.97. The lowest BCUT2D eigenvalue weighted by atomic mass is 10.1. The average Bonchev–Trinajstić information content (AvgIpc) is 2.03. The number of hydrogen-bond acceptors (Lipinski definition) is 1. The van der Waals surface area contributed by atoms with Gasteiger partial charge in [-0.05, 0) is 35.4 Å². The molecule has 1 heteroatoms. The van der Waals surface area contributed by atoms with Gasteiger partial charge in [-0.25, -0.2) is 0 Å². The van der Waals surface area contributed by atoms with Crippen LogP contribution in [-0.4, -0.2) is 4.98 Å². The molecule has 0 amide bonds. The van der Waals surface area contributed by atoms with Crippen molar-refractivity contribution in [1.82, 2.24) is 4.98 Å². The fraction of sp³-hybridized carbons (Fsp3) is 0.182. The summed E-state index contributed by atoms with van der Waals surface area (Å²) in [6, 6.07) is 0.